The van der Waals surface area contributed by atoms with Gasteiger partial charge < -0.3 is 11.1 Å². The second-order valence-electron chi connectivity index (χ2n) is 4.79. The first-order chi connectivity index (χ1) is 8.72. The number of nitrogens with one attached hydrogen (secondary N) is 1. The topological polar surface area (TPSA) is 55.1 Å². The van der Waals surface area contributed by atoms with Crippen molar-refractivity contribution in [3.8, 4) is 0 Å². The molecule has 2 rings (SSSR count). The molecule has 19 heavy (non-hydrogen) atoms. The van der Waals surface area contributed by atoms with Crippen molar-refractivity contribution in [2.24, 2.45) is 11.7 Å². The summed E-state index contributed by atoms with van der Waals surface area (Å²) in [5.74, 6) is 0.206. The monoisotopic (exact) mass is 286 g/mol. The zero-order valence-electron chi connectivity index (χ0n) is 10.8. The highest BCUT2D eigenvalue weighted by molar-refractivity contribution is 5.85. The molecule has 0 bridgehead atoms. The van der Waals surface area contributed by atoms with Crippen LogP contribution in [0.25, 0.3) is 0 Å². The molecule has 0 heterocycles. The molecule has 1 aliphatic carbocycles. The Morgan fingerprint density at radius 1 is 1.32 bits per heavy atom. The van der Waals surface area contributed by atoms with E-state index in [1.807, 2.05) is 0 Å². The van der Waals surface area contributed by atoms with Crippen LogP contribution in [0.1, 0.15) is 30.7 Å². The van der Waals surface area contributed by atoms with Crippen LogP contribution in [-0.4, -0.2) is 19.0 Å². The third-order valence-corrected chi connectivity index (χ3v) is 3.36. The fourth-order valence-corrected chi connectivity index (χ4v) is 2.18. The molecule has 3 N–H and O–H groups in total. The van der Waals surface area contributed by atoms with Crippen LogP contribution in [0, 0.1) is 11.7 Å². The summed E-state index contributed by atoms with van der Waals surface area (Å²) < 4.78 is 12.8. The van der Waals surface area contributed by atoms with E-state index in [4.69, 9.17) is 5.73 Å². The third-order valence-electron chi connectivity index (χ3n) is 3.36. The maximum atomic E-state index is 12.8. The van der Waals surface area contributed by atoms with E-state index in [0.29, 0.717) is 13.1 Å². The summed E-state index contributed by atoms with van der Waals surface area (Å²) in [6, 6.07) is 6.43. The number of benzene rings is 1. The Hall–Kier alpha value is -1.13. The van der Waals surface area contributed by atoms with Crippen molar-refractivity contribution >= 4 is 18.3 Å². The van der Waals surface area contributed by atoms with Gasteiger partial charge in [0.1, 0.15) is 5.82 Å². The lowest BCUT2D eigenvalue weighted by Crippen LogP contribution is -2.26. The lowest BCUT2D eigenvalue weighted by molar-refractivity contribution is -0.122. The van der Waals surface area contributed by atoms with Gasteiger partial charge in [0.2, 0.25) is 5.91 Å². The van der Waals surface area contributed by atoms with E-state index in [9.17, 15) is 9.18 Å². The average molecular weight is 287 g/mol. The molecule has 106 valence electrons. The van der Waals surface area contributed by atoms with E-state index in [1.54, 1.807) is 12.1 Å². The van der Waals surface area contributed by atoms with Crippen molar-refractivity contribution in [1.29, 1.82) is 0 Å². The van der Waals surface area contributed by atoms with Gasteiger partial charge in [-0.05, 0) is 49.4 Å². The lowest BCUT2D eigenvalue weighted by Gasteiger charge is -2.04. The van der Waals surface area contributed by atoms with E-state index >= 15 is 0 Å². The van der Waals surface area contributed by atoms with Gasteiger partial charge >= 0.3 is 0 Å². The molecule has 0 aliphatic heterocycles. The number of unbranched alkanes of at least 4 members (excludes halogenated alkanes) is 1. The highest BCUT2D eigenvalue weighted by Gasteiger charge is 2.43. The molecule has 2 atom stereocenters. The van der Waals surface area contributed by atoms with E-state index in [-0.39, 0.29) is 36.0 Å². The first-order valence-corrected chi connectivity index (χ1v) is 6.45. The smallest absolute Gasteiger partial charge is 0.223 e. The van der Waals surface area contributed by atoms with Crippen LogP contribution < -0.4 is 11.1 Å². The fraction of sp³-hybridized carbons (Fsp3) is 0.500. The van der Waals surface area contributed by atoms with Crippen molar-refractivity contribution in [3.05, 3.63) is 35.6 Å². The van der Waals surface area contributed by atoms with Crippen LogP contribution in [0.15, 0.2) is 24.3 Å². The minimum atomic E-state index is -0.234. The Kier molecular flexibility index (Phi) is 6.25. The van der Waals surface area contributed by atoms with Crippen LogP contribution >= 0.6 is 12.4 Å². The molecule has 0 aromatic heterocycles. The highest BCUT2D eigenvalue weighted by Crippen LogP contribution is 2.47. The number of rotatable bonds is 6. The molecule has 2 unspecified atom stereocenters. The molecule has 1 saturated carbocycles. The summed E-state index contributed by atoms with van der Waals surface area (Å²) in [6.07, 6.45) is 2.73. The normalized spacial score (nSPS) is 20.5. The van der Waals surface area contributed by atoms with Gasteiger partial charge in [0.25, 0.3) is 0 Å². The predicted molar refractivity (Wildman–Crippen MR) is 75.8 cm³/mol. The highest BCUT2D eigenvalue weighted by atomic mass is 35.5. The summed E-state index contributed by atoms with van der Waals surface area (Å²) in [7, 11) is 0. The van der Waals surface area contributed by atoms with E-state index < -0.39 is 0 Å². The first kappa shape index (κ1) is 15.9. The van der Waals surface area contributed by atoms with Gasteiger partial charge in [0, 0.05) is 12.5 Å². The number of nitrogens with two attached hydrogens (primary N) is 1. The summed E-state index contributed by atoms with van der Waals surface area (Å²) in [6.45, 7) is 1.36. The summed E-state index contributed by atoms with van der Waals surface area (Å²) in [4.78, 5) is 11.8. The Morgan fingerprint density at radius 2 is 2.00 bits per heavy atom. The minimum Gasteiger partial charge on any atom is -0.356 e. The van der Waals surface area contributed by atoms with Crippen LogP contribution in [0.2, 0.25) is 0 Å². The number of hydrogen-bond donors (Lipinski definition) is 2. The molecule has 1 fully saturated rings. The van der Waals surface area contributed by atoms with Crippen molar-refractivity contribution < 1.29 is 9.18 Å². The standard InChI is InChI=1S/C14H19FN2O.ClH/c15-11-5-3-10(4-6-11)12-9-13(12)14(18)17-8-2-1-7-16;/h3-6,12-13H,1-2,7-9,16H2,(H,17,18);1H. The second-order valence-corrected chi connectivity index (χ2v) is 4.79. The molecular weight excluding hydrogens is 267 g/mol. The molecular formula is C14H20ClFN2O. The van der Waals surface area contributed by atoms with Gasteiger partial charge in [-0.15, -0.1) is 12.4 Å². The van der Waals surface area contributed by atoms with Crippen LogP contribution in [0.3, 0.4) is 0 Å². The van der Waals surface area contributed by atoms with Crippen LogP contribution in [-0.2, 0) is 4.79 Å². The quantitative estimate of drug-likeness (QED) is 0.788. The first-order valence-electron chi connectivity index (χ1n) is 6.45. The largest absolute Gasteiger partial charge is 0.356 e. The molecule has 1 aliphatic rings. The van der Waals surface area contributed by atoms with Gasteiger partial charge in [-0.3, -0.25) is 4.79 Å². The van der Waals surface area contributed by atoms with Crippen molar-refractivity contribution in [2.75, 3.05) is 13.1 Å². The third kappa shape index (κ3) is 4.48. The zero-order valence-corrected chi connectivity index (χ0v) is 11.6. The Bertz CT molecular complexity index is 410. The van der Waals surface area contributed by atoms with E-state index in [2.05, 4.69) is 5.32 Å². The lowest BCUT2D eigenvalue weighted by atomic mass is 10.1. The molecule has 0 radical (unpaired) electrons. The van der Waals surface area contributed by atoms with E-state index in [1.165, 1.54) is 12.1 Å². The molecule has 1 aromatic rings. The zero-order chi connectivity index (χ0) is 13.0. The van der Waals surface area contributed by atoms with Crippen LogP contribution in [0.4, 0.5) is 4.39 Å². The molecule has 5 heteroatoms. The van der Waals surface area contributed by atoms with Crippen molar-refractivity contribution in [1.82, 2.24) is 5.32 Å². The van der Waals surface area contributed by atoms with Gasteiger partial charge in [0.05, 0.1) is 0 Å². The van der Waals surface area contributed by atoms with Crippen LogP contribution in [0.5, 0.6) is 0 Å². The fourth-order valence-electron chi connectivity index (χ4n) is 2.18. The second kappa shape index (κ2) is 7.46. The Morgan fingerprint density at radius 3 is 2.63 bits per heavy atom. The number of halogens is 2. The number of carbonyl (C=O) groups excluding carboxylic acids is 1. The van der Waals surface area contributed by atoms with Gasteiger partial charge in [-0.1, -0.05) is 12.1 Å². The van der Waals surface area contributed by atoms with Crippen molar-refractivity contribution in [2.45, 2.75) is 25.2 Å². The summed E-state index contributed by atoms with van der Waals surface area (Å²) in [5, 5.41) is 2.92. The molecule has 1 aromatic carbocycles. The summed E-state index contributed by atoms with van der Waals surface area (Å²) in [5.41, 5.74) is 6.44. The maximum absolute atomic E-state index is 12.8. The van der Waals surface area contributed by atoms with Gasteiger partial charge in [0.15, 0.2) is 0 Å². The molecule has 3 nitrogen and oxygen atoms in total. The van der Waals surface area contributed by atoms with E-state index in [0.717, 1.165) is 24.8 Å². The number of amides is 1. The van der Waals surface area contributed by atoms with Gasteiger partial charge in [-0.25, -0.2) is 4.39 Å². The minimum absolute atomic E-state index is 0. The molecule has 0 saturated heterocycles. The number of carbonyl (C=O) groups is 1. The predicted octanol–water partition coefficient (Wildman–Crippen LogP) is 2.21. The average Bonchev–Trinajstić information content (AvgIpc) is 3.15. The van der Waals surface area contributed by atoms with Gasteiger partial charge in [-0.2, -0.15) is 0 Å². The number of hydrogen-bond acceptors (Lipinski definition) is 2. The SMILES string of the molecule is Cl.NCCCCNC(=O)C1CC1c1ccc(F)cc1. The molecule has 1 amide bonds. The molecule has 0 spiro atoms. The Balaban J connectivity index is 0.00000180. The van der Waals surface area contributed by atoms with Crippen molar-refractivity contribution in [3.63, 3.8) is 0 Å². The summed E-state index contributed by atoms with van der Waals surface area (Å²) >= 11 is 0. The Labute approximate surface area is 119 Å². The maximum Gasteiger partial charge on any atom is 0.223 e.